The summed E-state index contributed by atoms with van der Waals surface area (Å²) >= 11 is 2.42. The molecule has 0 spiro atoms. The molecule has 102 valence electrons. The number of nitrogens with one attached hydrogen (secondary N) is 1. The number of aromatic nitrogens is 4. The zero-order valence-electron chi connectivity index (χ0n) is 10.3. The van der Waals surface area contributed by atoms with Gasteiger partial charge in [0, 0.05) is 0 Å². The number of nitrogens with zero attached hydrogens (tertiary/aromatic N) is 5. The second-order valence-electron chi connectivity index (χ2n) is 3.53. The van der Waals surface area contributed by atoms with Gasteiger partial charge in [-0.25, -0.2) is 9.97 Å². The molecule has 0 aromatic carbocycles. The number of thioether (sulfide) groups is 1. The van der Waals surface area contributed by atoms with Crippen LogP contribution in [-0.4, -0.2) is 31.8 Å². The maximum atomic E-state index is 11.7. The number of rotatable bonds is 4. The van der Waals surface area contributed by atoms with E-state index < -0.39 is 0 Å². The molecule has 2 rings (SSSR count). The van der Waals surface area contributed by atoms with Crippen molar-refractivity contribution in [2.75, 3.05) is 16.8 Å². The van der Waals surface area contributed by atoms with Crippen molar-refractivity contribution in [3.05, 3.63) is 16.8 Å². The lowest BCUT2D eigenvalue weighted by Gasteiger charge is -2.02. The Labute approximate surface area is 122 Å². The molecule has 0 aliphatic heterocycles. The van der Waals surface area contributed by atoms with E-state index in [4.69, 9.17) is 11.0 Å². The van der Waals surface area contributed by atoms with Gasteiger partial charge < -0.3 is 5.73 Å². The molecule has 0 aliphatic rings. The molecule has 0 aliphatic carbocycles. The Morgan fingerprint density at radius 2 is 2.40 bits per heavy atom. The maximum Gasteiger partial charge on any atom is 0.236 e. The quantitative estimate of drug-likeness (QED) is 0.627. The Balaban J connectivity index is 1.90. The molecule has 3 N–H and O–H groups in total. The van der Waals surface area contributed by atoms with Gasteiger partial charge >= 0.3 is 0 Å². The van der Waals surface area contributed by atoms with Crippen LogP contribution in [0.1, 0.15) is 10.6 Å². The highest BCUT2D eigenvalue weighted by Gasteiger charge is 2.09. The second kappa shape index (κ2) is 6.27. The van der Waals surface area contributed by atoms with Crippen LogP contribution >= 0.6 is 23.1 Å². The zero-order chi connectivity index (χ0) is 14.5. The van der Waals surface area contributed by atoms with Crippen LogP contribution in [0.15, 0.2) is 11.4 Å². The molecule has 2 aromatic heterocycles. The lowest BCUT2D eigenvalue weighted by molar-refractivity contribution is -0.113. The van der Waals surface area contributed by atoms with Gasteiger partial charge in [-0.05, 0) is 6.92 Å². The number of anilines is 2. The Bertz CT molecular complexity index is 678. The first-order valence-electron chi connectivity index (χ1n) is 5.34. The monoisotopic (exact) mass is 307 g/mol. The number of aryl methyl sites for hydroxylation is 1. The summed E-state index contributed by atoms with van der Waals surface area (Å²) in [5, 5.41) is 20.5. The molecule has 0 unspecified atom stereocenters. The minimum atomic E-state index is -0.238. The first-order valence-corrected chi connectivity index (χ1v) is 7.14. The van der Waals surface area contributed by atoms with Gasteiger partial charge in [0.25, 0.3) is 0 Å². The topological polar surface area (TPSA) is 130 Å². The number of nitrogens with two attached hydrogens (primary N) is 1. The van der Waals surface area contributed by atoms with Crippen molar-refractivity contribution in [3.8, 4) is 6.07 Å². The lowest BCUT2D eigenvalue weighted by atomic mass is 10.3. The van der Waals surface area contributed by atoms with Gasteiger partial charge in [-0.2, -0.15) is 5.26 Å². The van der Waals surface area contributed by atoms with Crippen LogP contribution in [0.4, 0.5) is 10.9 Å². The van der Waals surface area contributed by atoms with Gasteiger partial charge in [-0.1, -0.05) is 23.1 Å². The predicted molar refractivity (Wildman–Crippen MR) is 75.2 cm³/mol. The number of carbonyl (C=O) groups excluding carboxylic acids is 1. The molecule has 0 atom stereocenters. The van der Waals surface area contributed by atoms with Gasteiger partial charge in [0.1, 0.15) is 22.5 Å². The third kappa shape index (κ3) is 3.62. The molecule has 0 fully saturated rings. The van der Waals surface area contributed by atoms with Crippen LogP contribution in [0, 0.1) is 18.3 Å². The highest BCUT2D eigenvalue weighted by molar-refractivity contribution is 7.99. The third-order valence-corrected chi connectivity index (χ3v) is 3.64. The Morgan fingerprint density at radius 1 is 1.60 bits per heavy atom. The summed E-state index contributed by atoms with van der Waals surface area (Å²) in [6.07, 6.45) is 1.33. The lowest BCUT2D eigenvalue weighted by Crippen LogP contribution is -2.14. The van der Waals surface area contributed by atoms with Crippen molar-refractivity contribution < 1.29 is 4.79 Å². The highest BCUT2D eigenvalue weighted by atomic mass is 32.2. The molecule has 20 heavy (non-hydrogen) atoms. The Morgan fingerprint density at radius 3 is 3.00 bits per heavy atom. The van der Waals surface area contributed by atoms with Crippen LogP contribution in [0.25, 0.3) is 0 Å². The summed E-state index contributed by atoms with van der Waals surface area (Å²) in [5.41, 5.74) is 5.77. The van der Waals surface area contributed by atoms with Gasteiger partial charge in [-0.15, -0.1) is 10.2 Å². The SMILES string of the molecule is Cc1nnc(NC(=O)CSc2ncc(C#N)c(N)n2)s1. The summed E-state index contributed by atoms with van der Waals surface area (Å²) in [7, 11) is 0. The van der Waals surface area contributed by atoms with Crippen molar-refractivity contribution in [1.29, 1.82) is 5.26 Å². The third-order valence-electron chi connectivity index (χ3n) is 2.02. The zero-order valence-corrected chi connectivity index (χ0v) is 12.0. The fraction of sp³-hybridized carbons (Fsp3) is 0.200. The van der Waals surface area contributed by atoms with Crippen molar-refractivity contribution in [3.63, 3.8) is 0 Å². The molecular formula is C10H9N7OS2. The summed E-state index contributed by atoms with van der Waals surface area (Å²) in [5.74, 6) is -0.0212. The fourth-order valence-corrected chi connectivity index (χ4v) is 2.40. The predicted octanol–water partition coefficient (Wildman–Crippen LogP) is 0.821. The standard InChI is InChI=1S/C10H9N7OS2/c1-5-16-17-10(20-5)14-7(18)4-19-9-13-3-6(2-11)8(12)15-9/h3H,4H2,1H3,(H2,12,13,15)(H,14,17,18). The smallest absolute Gasteiger partial charge is 0.236 e. The van der Waals surface area contributed by atoms with E-state index in [1.54, 1.807) is 6.92 Å². The molecule has 2 aromatic rings. The van der Waals surface area contributed by atoms with E-state index in [-0.39, 0.29) is 23.0 Å². The van der Waals surface area contributed by atoms with Crippen LogP contribution in [0.5, 0.6) is 0 Å². The molecule has 0 bridgehead atoms. The maximum absolute atomic E-state index is 11.7. The summed E-state index contributed by atoms with van der Waals surface area (Å²) in [4.78, 5) is 19.5. The van der Waals surface area contributed by atoms with Crippen LogP contribution < -0.4 is 11.1 Å². The number of nitrogen functional groups attached to an aromatic ring is 1. The second-order valence-corrected chi connectivity index (χ2v) is 5.65. The molecule has 10 heteroatoms. The Kier molecular flexibility index (Phi) is 4.44. The van der Waals surface area contributed by atoms with E-state index in [1.807, 2.05) is 6.07 Å². The minimum Gasteiger partial charge on any atom is -0.382 e. The Hall–Kier alpha value is -2.25. The number of amides is 1. The van der Waals surface area contributed by atoms with Gasteiger partial charge in [0.2, 0.25) is 11.0 Å². The highest BCUT2D eigenvalue weighted by Crippen LogP contribution is 2.17. The summed E-state index contributed by atoms with van der Waals surface area (Å²) in [6, 6.07) is 1.87. The van der Waals surface area contributed by atoms with Crippen LogP contribution in [-0.2, 0) is 4.79 Å². The summed E-state index contributed by atoms with van der Waals surface area (Å²) < 4.78 is 0. The van der Waals surface area contributed by atoms with Crippen molar-refractivity contribution >= 4 is 40.0 Å². The molecule has 2 heterocycles. The first kappa shape index (κ1) is 14.2. The number of hydrogen-bond acceptors (Lipinski definition) is 9. The molecule has 8 nitrogen and oxygen atoms in total. The van der Waals surface area contributed by atoms with Gasteiger partial charge in [-0.3, -0.25) is 10.1 Å². The van der Waals surface area contributed by atoms with Crippen LogP contribution in [0.3, 0.4) is 0 Å². The van der Waals surface area contributed by atoms with Crippen molar-refractivity contribution in [2.45, 2.75) is 12.1 Å². The van der Waals surface area contributed by atoms with Crippen molar-refractivity contribution in [1.82, 2.24) is 20.2 Å². The molecule has 1 amide bonds. The average Bonchev–Trinajstić information content (AvgIpc) is 2.82. The van der Waals surface area contributed by atoms with Crippen LogP contribution in [0.2, 0.25) is 0 Å². The summed E-state index contributed by atoms with van der Waals surface area (Å²) in [6.45, 7) is 1.80. The van der Waals surface area contributed by atoms with E-state index in [0.29, 0.717) is 10.3 Å². The first-order chi connectivity index (χ1) is 9.58. The number of carbonyl (C=O) groups is 1. The fourth-order valence-electron chi connectivity index (χ4n) is 1.17. The molecule has 0 saturated carbocycles. The number of hydrogen-bond donors (Lipinski definition) is 2. The van der Waals surface area contributed by atoms with Crippen molar-refractivity contribution in [2.24, 2.45) is 0 Å². The van der Waals surface area contributed by atoms with Gasteiger partial charge in [0.15, 0.2) is 5.16 Å². The van der Waals surface area contributed by atoms with E-state index in [1.165, 1.54) is 17.5 Å². The van der Waals surface area contributed by atoms with E-state index in [9.17, 15) is 4.79 Å². The normalized spacial score (nSPS) is 10.0. The molecule has 0 radical (unpaired) electrons. The van der Waals surface area contributed by atoms with E-state index in [2.05, 4.69) is 25.5 Å². The molecular weight excluding hydrogens is 298 g/mol. The average molecular weight is 307 g/mol. The van der Waals surface area contributed by atoms with Gasteiger partial charge in [0.05, 0.1) is 11.9 Å². The van der Waals surface area contributed by atoms with E-state index in [0.717, 1.165) is 16.8 Å². The minimum absolute atomic E-state index is 0.102. The number of nitriles is 1. The molecule has 0 saturated heterocycles. The van der Waals surface area contributed by atoms with E-state index >= 15 is 0 Å². The largest absolute Gasteiger partial charge is 0.382 e.